The van der Waals surface area contributed by atoms with Gasteiger partial charge in [-0.3, -0.25) is 4.98 Å². The van der Waals surface area contributed by atoms with Gasteiger partial charge in [-0.15, -0.1) is 0 Å². The Morgan fingerprint density at radius 2 is 0.500 bits per heavy atom. The van der Waals surface area contributed by atoms with Crippen LogP contribution in [0.15, 0.2) is 359 Å². The minimum Gasteiger partial charge on any atom is -0.456 e. The third-order valence-electron chi connectivity index (χ3n) is 22.1. The Hall–Kier alpha value is -14.3. The fraction of sp³-hybridized carbons (Fsp3) is 0. The van der Waals surface area contributed by atoms with Crippen molar-refractivity contribution in [2.24, 2.45) is 0 Å². The van der Waals surface area contributed by atoms with Gasteiger partial charge in [-0.25, -0.2) is 4.98 Å². The maximum Gasteiger partial charge on any atom is 0.135 e. The molecule has 0 unspecified atom stereocenters. The quantitative estimate of drug-likeness (QED) is 0.144. The zero-order valence-electron chi connectivity index (χ0n) is 56.9. The van der Waals surface area contributed by atoms with Gasteiger partial charge in [0.2, 0.25) is 0 Å². The van der Waals surface area contributed by atoms with E-state index >= 15 is 0 Å². The van der Waals surface area contributed by atoms with Crippen LogP contribution in [-0.2, 0) is 0 Å². The lowest BCUT2D eigenvalue weighted by atomic mass is 9.93. The van der Waals surface area contributed by atoms with Gasteiger partial charge in [-0.05, 0) is 213 Å². The molecule has 0 fully saturated rings. The Balaban J connectivity index is 0.664. The molecule has 106 heavy (non-hydrogen) atoms. The fourth-order valence-corrected chi connectivity index (χ4v) is 17.1. The Morgan fingerprint density at radius 3 is 0.896 bits per heavy atom. The van der Waals surface area contributed by atoms with E-state index in [0.29, 0.717) is 0 Å². The lowest BCUT2D eigenvalue weighted by Crippen LogP contribution is -1.97. The zero-order valence-corrected chi connectivity index (χ0v) is 56.9. The number of aromatic nitrogens is 5. The largest absolute Gasteiger partial charge is 0.456 e. The Bertz CT molecular complexity index is 7680. The highest BCUT2D eigenvalue weighted by atomic mass is 16.3. The molecule has 8 nitrogen and oxygen atoms in total. The van der Waals surface area contributed by atoms with Crippen molar-refractivity contribution in [3.8, 4) is 84.0 Å². The Kier molecular flexibility index (Phi) is 12.4. The molecule has 0 amide bonds. The van der Waals surface area contributed by atoms with Crippen LogP contribution in [0.5, 0.6) is 0 Å². The molecule has 0 aliphatic rings. The van der Waals surface area contributed by atoms with Crippen molar-refractivity contribution in [1.29, 1.82) is 0 Å². The van der Waals surface area contributed by atoms with E-state index in [-0.39, 0.29) is 0 Å². The van der Waals surface area contributed by atoms with Crippen molar-refractivity contribution in [3.63, 3.8) is 0 Å². The highest BCUT2D eigenvalue weighted by molar-refractivity contribution is 6.15. The summed E-state index contributed by atoms with van der Waals surface area (Å²) in [6.45, 7) is 0. The summed E-state index contributed by atoms with van der Waals surface area (Å²) in [7, 11) is 0. The SMILES string of the molecule is c1cc(-c2cnc3cc(-c4cccc(-n5c6ccccc6c6cc(-c7ccc8oc9ccccc9c8c7)ccc65)c4)c(-c4cccc(-n5c6ccccc6c6cc(-c7ccc8oc9ccccc9c8c7)ccc65)c4)cc3n2)cc(-n2c3ccccc3c3cc(-c4ccc5oc6ccccc6c5c4)ccc32)c1. The van der Waals surface area contributed by atoms with Crippen LogP contribution in [0.2, 0.25) is 0 Å². The van der Waals surface area contributed by atoms with Gasteiger partial charge in [-0.1, -0.05) is 182 Å². The number of rotatable bonds is 9. The summed E-state index contributed by atoms with van der Waals surface area (Å²) in [5.74, 6) is 0. The van der Waals surface area contributed by atoms with Crippen LogP contribution >= 0.6 is 0 Å². The topological polar surface area (TPSA) is 80.0 Å². The Morgan fingerprint density at radius 1 is 0.198 bits per heavy atom. The lowest BCUT2D eigenvalue weighted by Gasteiger charge is -2.16. The average Bonchev–Trinajstić information content (AvgIpc) is 1.61. The minimum atomic E-state index is 0.779. The molecule has 7 heterocycles. The van der Waals surface area contributed by atoms with E-state index in [4.69, 9.17) is 23.2 Å². The van der Waals surface area contributed by atoms with E-state index in [1.165, 1.54) is 32.3 Å². The summed E-state index contributed by atoms with van der Waals surface area (Å²) < 4.78 is 26.0. The molecule has 23 rings (SSSR count). The monoisotopic (exact) mass is 1350 g/mol. The molecule has 0 bridgehead atoms. The molecule has 0 saturated heterocycles. The fourth-order valence-electron chi connectivity index (χ4n) is 17.1. The smallest absolute Gasteiger partial charge is 0.135 e. The van der Waals surface area contributed by atoms with Crippen molar-refractivity contribution in [2.75, 3.05) is 0 Å². The summed E-state index contributed by atoms with van der Waals surface area (Å²) in [6.07, 6.45) is 1.94. The molecule has 0 spiro atoms. The van der Waals surface area contributed by atoms with Crippen LogP contribution in [0.3, 0.4) is 0 Å². The predicted molar refractivity (Wildman–Crippen MR) is 437 cm³/mol. The molecular formula is C98H57N5O3. The van der Waals surface area contributed by atoms with Crippen LogP contribution in [0.25, 0.3) is 226 Å². The van der Waals surface area contributed by atoms with Crippen molar-refractivity contribution >= 4 is 142 Å². The van der Waals surface area contributed by atoms with Crippen LogP contribution in [0.1, 0.15) is 0 Å². The van der Waals surface area contributed by atoms with Crippen molar-refractivity contribution in [3.05, 3.63) is 346 Å². The number of benzene rings is 16. The number of para-hydroxylation sites is 6. The molecule has 23 aromatic rings. The molecular weight excluding hydrogens is 1300 g/mol. The number of furan rings is 3. The molecule has 0 N–H and O–H groups in total. The summed E-state index contributed by atoms with van der Waals surface area (Å²) >= 11 is 0. The summed E-state index contributed by atoms with van der Waals surface area (Å²) in [5.41, 5.74) is 29.6. The number of hydrogen-bond donors (Lipinski definition) is 0. The van der Waals surface area contributed by atoms with Gasteiger partial charge in [0.1, 0.15) is 33.5 Å². The summed E-state index contributed by atoms with van der Waals surface area (Å²) in [5, 5.41) is 13.8. The second kappa shape index (κ2) is 22.6. The normalized spacial score (nSPS) is 12.2. The summed E-state index contributed by atoms with van der Waals surface area (Å²) in [4.78, 5) is 10.9. The van der Waals surface area contributed by atoms with E-state index in [1.54, 1.807) is 0 Å². The zero-order chi connectivity index (χ0) is 69.2. The minimum absolute atomic E-state index is 0.779. The molecule has 492 valence electrons. The van der Waals surface area contributed by atoms with Gasteiger partial charge in [0, 0.05) is 87.3 Å². The van der Waals surface area contributed by atoms with Crippen molar-refractivity contribution in [1.82, 2.24) is 23.7 Å². The highest BCUT2D eigenvalue weighted by Crippen LogP contribution is 2.45. The molecule has 7 aromatic heterocycles. The molecule has 0 atom stereocenters. The first kappa shape index (κ1) is 58.3. The first-order valence-corrected chi connectivity index (χ1v) is 36.0. The number of hydrogen-bond acceptors (Lipinski definition) is 5. The van der Waals surface area contributed by atoms with Gasteiger partial charge in [0.05, 0.1) is 56.0 Å². The molecule has 16 aromatic carbocycles. The second-order valence-electron chi connectivity index (χ2n) is 28.0. The van der Waals surface area contributed by atoms with Crippen LogP contribution < -0.4 is 0 Å². The van der Waals surface area contributed by atoms with E-state index in [9.17, 15) is 0 Å². The maximum absolute atomic E-state index is 6.27. The van der Waals surface area contributed by atoms with Gasteiger partial charge >= 0.3 is 0 Å². The molecule has 0 radical (unpaired) electrons. The van der Waals surface area contributed by atoms with Crippen LogP contribution in [0.4, 0.5) is 0 Å². The molecule has 0 aliphatic carbocycles. The third kappa shape index (κ3) is 8.95. The lowest BCUT2D eigenvalue weighted by molar-refractivity contribution is 0.668. The van der Waals surface area contributed by atoms with Crippen molar-refractivity contribution < 1.29 is 13.3 Å². The number of nitrogens with zero attached hydrogens (tertiary/aromatic N) is 5. The molecule has 0 saturated carbocycles. The second-order valence-corrected chi connectivity index (χ2v) is 28.0. The van der Waals surface area contributed by atoms with Crippen molar-refractivity contribution in [2.45, 2.75) is 0 Å². The van der Waals surface area contributed by atoms with E-state index in [2.05, 4.69) is 317 Å². The predicted octanol–water partition coefficient (Wildman–Crippen LogP) is 26.6. The van der Waals surface area contributed by atoms with Crippen LogP contribution in [0, 0.1) is 0 Å². The first-order chi connectivity index (χ1) is 52.5. The van der Waals surface area contributed by atoms with E-state index in [1.807, 2.05) is 42.6 Å². The molecule has 8 heteroatoms. The van der Waals surface area contributed by atoms with E-state index in [0.717, 1.165) is 194 Å². The van der Waals surface area contributed by atoms with Gasteiger partial charge < -0.3 is 27.0 Å². The first-order valence-electron chi connectivity index (χ1n) is 36.0. The standard InChI is InChI=1S/C98H57N5O3/c1-7-28-87-70(22-1)78-49-58(61-37-43-96-81(52-61)73-25-4-10-31-93(73)104-96)34-40-90(78)101(87)67-19-13-16-64(46-67)76-55-84-85(56-77(76)65-17-14-20-68(47-65)102-88-29-8-2-23-71(88)79-50-59(35-41-91(79)102)62-38-44-97-82(53-62)74-26-5-11-32-94(74)105-97)100-86(57-99-84)66-18-15-21-69(48-66)103-89-30-9-3-24-72(89)80-51-60(36-42-92(80)103)63-39-45-98-83(54-63)75-27-6-12-33-95(75)106-98/h1-57H. The van der Waals surface area contributed by atoms with Gasteiger partial charge in [-0.2, -0.15) is 0 Å². The highest BCUT2D eigenvalue weighted by Gasteiger charge is 2.22. The maximum atomic E-state index is 6.27. The molecule has 0 aliphatic heterocycles. The number of fused-ring (bicyclic) bond motifs is 19. The average molecular weight is 1350 g/mol. The third-order valence-corrected chi connectivity index (χ3v) is 22.1. The Labute approximate surface area is 605 Å². The van der Waals surface area contributed by atoms with Gasteiger partial charge in [0.25, 0.3) is 0 Å². The van der Waals surface area contributed by atoms with Gasteiger partial charge in [0.15, 0.2) is 0 Å². The summed E-state index contributed by atoms with van der Waals surface area (Å²) in [6, 6.07) is 123. The van der Waals surface area contributed by atoms with Crippen LogP contribution in [-0.4, -0.2) is 23.7 Å². The van der Waals surface area contributed by atoms with E-state index < -0.39 is 0 Å².